The van der Waals surface area contributed by atoms with Crippen molar-refractivity contribution in [3.8, 4) is 11.5 Å². The molecule has 0 aliphatic heterocycles. The lowest BCUT2D eigenvalue weighted by Crippen LogP contribution is -2.22. The number of allylic oxidation sites excluding steroid dienone is 3. The van der Waals surface area contributed by atoms with E-state index in [4.69, 9.17) is 13.8 Å². The number of aromatic hydroxyl groups is 1. The van der Waals surface area contributed by atoms with Crippen LogP contribution in [0.15, 0.2) is 66.3 Å². The van der Waals surface area contributed by atoms with Crippen LogP contribution in [0.2, 0.25) is 0 Å². The van der Waals surface area contributed by atoms with Crippen LogP contribution in [0.25, 0.3) is 0 Å². The third-order valence-electron chi connectivity index (χ3n) is 6.87. The average molecular weight is 541 g/mol. The first-order valence-electron chi connectivity index (χ1n) is 13.4. The zero-order chi connectivity index (χ0) is 27.9. The molecule has 0 saturated carbocycles. The lowest BCUT2D eigenvalue weighted by molar-refractivity contribution is -0.158. The molecular formula is C31H41O6P. The van der Waals surface area contributed by atoms with Gasteiger partial charge >= 0.3 is 13.6 Å². The molecule has 4 atom stereocenters. The lowest BCUT2D eigenvalue weighted by Gasteiger charge is -2.33. The highest BCUT2D eigenvalue weighted by Crippen LogP contribution is 2.54. The van der Waals surface area contributed by atoms with E-state index in [1.807, 2.05) is 19.1 Å². The summed E-state index contributed by atoms with van der Waals surface area (Å²) in [7, 11) is -4.05. The molecule has 0 heterocycles. The summed E-state index contributed by atoms with van der Waals surface area (Å²) in [5, 5.41) is 11.7. The van der Waals surface area contributed by atoms with E-state index in [0.29, 0.717) is 16.6 Å². The molecule has 1 aliphatic rings. The molecule has 0 amide bonds. The Morgan fingerprint density at radius 3 is 2.53 bits per heavy atom. The van der Waals surface area contributed by atoms with Crippen molar-refractivity contribution < 1.29 is 28.3 Å². The van der Waals surface area contributed by atoms with Gasteiger partial charge in [0.25, 0.3) is 0 Å². The number of ether oxygens (including phenoxy) is 1. The molecule has 2 aromatic rings. The van der Waals surface area contributed by atoms with Gasteiger partial charge < -0.3 is 14.4 Å². The van der Waals surface area contributed by atoms with Crippen molar-refractivity contribution in [3.05, 3.63) is 77.4 Å². The normalized spacial score (nSPS) is 19.7. The number of aryl methyl sites for hydroxylation is 1. The summed E-state index contributed by atoms with van der Waals surface area (Å²) in [5.74, 6) is -0.254. The molecule has 4 unspecified atom stereocenters. The van der Waals surface area contributed by atoms with Crippen molar-refractivity contribution in [2.45, 2.75) is 85.4 Å². The van der Waals surface area contributed by atoms with Crippen LogP contribution in [0.4, 0.5) is 0 Å². The van der Waals surface area contributed by atoms with Crippen molar-refractivity contribution >= 4 is 18.9 Å². The third-order valence-corrected chi connectivity index (χ3v) is 8.81. The lowest BCUT2D eigenvalue weighted by atomic mass is 9.73. The van der Waals surface area contributed by atoms with Crippen LogP contribution in [-0.2, 0) is 25.0 Å². The van der Waals surface area contributed by atoms with E-state index < -0.39 is 19.9 Å². The number of phenols is 1. The highest BCUT2D eigenvalue weighted by Gasteiger charge is 2.37. The number of hydrogen-bond donors (Lipinski definition) is 1. The van der Waals surface area contributed by atoms with Gasteiger partial charge in [0.2, 0.25) is 6.29 Å². The molecular weight excluding hydrogens is 499 g/mol. The fourth-order valence-corrected chi connectivity index (χ4v) is 6.68. The zero-order valence-electron chi connectivity index (χ0n) is 23.2. The summed E-state index contributed by atoms with van der Waals surface area (Å²) < 4.78 is 31.7. The number of carbonyl (C=O) groups excluding carboxylic acids is 1. The highest BCUT2D eigenvalue weighted by molar-refractivity contribution is 7.62. The summed E-state index contributed by atoms with van der Waals surface area (Å²) in [4.78, 5) is 11.6. The number of unbranched alkanes of at least 4 members (excludes halogenated alkanes) is 2. The molecule has 1 N–H and O–H groups in total. The molecule has 0 aromatic heterocycles. The second kappa shape index (κ2) is 13.3. The highest BCUT2D eigenvalue weighted by atomic mass is 31.2. The molecule has 0 radical (unpaired) electrons. The van der Waals surface area contributed by atoms with Crippen molar-refractivity contribution in [3.63, 3.8) is 0 Å². The van der Waals surface area contributed by atoms with Gasteiger partial charge in [-0.15, -0.1) is 0 Å². The Labute approximate surface area is 227 Å². The van der Waals surface area contributed by atoms with E-state index in [1.54, 1.807) is 30.3 Å². The molecule has 1 aliphatic carbocycles. The van der Waals surface area contributed by atoms with E-state index in [-0.39, 0.29) is 17.6 Å². The monoisotopic (exact) mass is 540 g/mol. The maximum absolute atomic E-state index is 14.4. The van der Waals surface area contributed by atoms with Crippen molar-refractivity contribution in [1.82, 2.24) is 0 Å². The standard InChI is InChI=1S/C31H41O6P/c1-7-8-10-13-25-19-29(33)31(28-18-22(4)16-17-27(28)21(2)3)30(20-25)37-38(34,26-14-11-9-12-15-26)36-24(6)35-23(5)32/h9,11-12,14-15,18-20,24,27-28,33H,2,7-8,10,13,16-17H2,1,3-6H3. The van der Waals surface area contributed by atoms with E-state index in [2.05, 4.69) is 26.5 Å². The maximum atomic E-state index is 14.4. The van der Waals surface area contributed by atoms with Crippen LogP contribution in [0.5, 0.6) is 11.5 Å². The summed E-state index contributed by atoms with van der Waals surface area (Å²) in [5.41, 5.74) is 3.69. The Hall–Kier alpha value is -2.82. The first-order chi connectivity index (χ1) is 18.0. The number of carbonyl (C=O) groups is 1. The van der Waals surface area contributed by atoms with Crippen LogP contribution >= 0.6 is 7.60 Å². The predicted octanol–water partition coefficient (Wildman–Crippen LogP) is 7.96. The minimum Gasteiger partial charge on any atom is -0.507 e. The van der Waals surface area contributed by atoms with Crippen molar-refractivity contribution in [1.29, 1.82) is 0 Å². The van der Waals surface area contributed by atoms with Gasteiger partial charge in [-0.1, -0.05) is 61.8 Å². The van der Waals surface area contributed by atoms with Crippen molar-refractivity contribution in [2.75, 3.05) is 0 Å². The van der Waals surface area contributed by atoms with E-state index in [1.165, 1.54) is 19.4 Å². The van der Waals surface area contributed by atoms with Crippen LogP contribution in [0, 0.1) is 5.92 Å². The third kappa shape index (κ3) is 7.61. The van der Waals surface area contributed by atoms with Gasteiger partial charge in [-0.3, -0.25) is 9.32 Å². The van der Waals surface area contributed by atoms with E-state index in [9.17, 15) is 14.5 Å². The number of rotatable bonds is 12. The van der Waals surface area contributed by atoms with Gasteiger partial charge in [0, 0.05) is 18.4 Å². The van der Waals surface area contributed by atoms with Gasteiger partial charge in [0.1, 0.15) is 11.5 Å². The molecule has 0 fully saturated rings. The maximum Gasteiger partial charge on any atom is 0.413 e. The topological polar surface area (TPSA) is 82.1 Å². The molecule has 6 nitrogen and oxygen atoms in total. The van der Waals surface area contributed by atoms with Crippen LogP contribution < -0.4 is 9.83 Å². The number of esters is 1. The Morgan fingerprint density at radius 2 is 1.89 bits per heavy atom. The second-order valence-corrected chi connectivity index (χ2v) is 12.1. The second-order valence-electron chi connectivity index (χ2n) is 10.2. The van der Waals surface area contributed by atoms with Crippen LogP contribution in [0.3, 0.4) is 0 Å². The molecule has 3 rings (SSSR count). The number of hydrogen-bond acceptors (Lipinski definition) is 6. The van der Waals surface area contributed by atoms with Gasteiger partial charge in [0.05, 0.1) is 5.30 Å². The fourth-order valence-electron chi connectivity index (χ4n) is 5.03. The van der Waals surface area contributed by atoms with Crippen LogP contribution in [0.1, 0.15) is 83.8 Å². The fraction of sp³-hybridized carbons (Fsp3) is 0.452. The largest absolute Gasteiger partial charge is 0.507 e. The zero-order valence-corrected chi connectivity index (χ0v) is 24.1. The summed E-state index contributed by atoms with van der Waals surface area (Å²) in [6, 6.07) is 12.3. The Morgan fingerprint density at radius 1 is 1.18 bits per heavy atom. The van der Waals surface area contributed by atoms with Gasteiger partial charge in [-0.25, -0.2) is 4.57 Å². The summed E-state index contributed by atoms with van der Waals surface area (Å²) in [6.07, 6.45) is 6.74. The minimum absolute atomic E-state index is 0.0925. The van der Waals surface area contributed by atoms with Gasteiger partial charge in [-0.05, 0) is 82.2 Å². The molecule has 0 spiro atoms. The Bertz CT molecular complexity index is 1200. The van der Waals surface area contributed by atoms with Gasteiger partial charge in [0.15, 0.2) is 0 Å². The van der Waals surface area contributed by atoms with Crippen molar-refractivity contribution in [2.24, 2.45) is 5.92 Å². The first-order valence-corrected chi connectivity index (χ1v) is 15.0. The van der Waals surface area contributed by atoms with Gasteiger partial charge in [-0.2, -0.15) is 0 Å². The van der Waals surface area contributed by atoms with Crippen LogP contribution in [-0.4, -0.2) is 17.4 Å². The average Bonchev–Trinajstić information content (AvgIpc) is 2.83. The number of benzene rings is 2. The molecule has 0 bridgehead atoms. The minimum atomic E-state index is -4.05. The Balaban J connectivity index is 2.16. The molecule has 38 heavy (non-hydrogen) atoms. The molecule has 0 saturated heterocycles. The first kappa shape index (κ1) is 29.7. The number of phenolic OH excluding ortho intramolecular Hbond substituents is 1. The molecule has 2 aromatic carbocycles. The smallest absolute Gasteiger partial charge is 0.413 e. The molecule has 7 heteroatoms. The van der Waals surface area contributed by atoms with E-state index >= 15 is 0 Å². The SMILES string of the molecule is C=C(C)C1CCC(C)=CC1c1c(O)cc(CCCCC)cc1OP(=O)(OC(C)OC(C)=O)c1ccccc1. The summed E-state index contributed by atoms with van der Waals surface area (Å²) in [6.45, 7) is 13.2. The van der Waals surface area contributed by atoms with E-state index in [0.717, 1.165) is 49.7 Å². The summed E-state index contributed by atoms with van der Waals surface area (Å²) >= 11 is 0. The Kier molecular flexibility index (Phi) is 10.4. The predicted molar refractivity (Wildman–Crippen MR) is 152 cm³/mol. The molecule has 206 valence electrons. The quantitative estimate of drug-likeness (QED) is 0.0967.